The van der Waals surface area contributed by atoms with Crippen molar-refractivity contribution >= 4 is 19.4 Å². The van der Waals surface area contributed by atoms with Gasteiger partial charge in [0, 0.05) is 11.5 Å². The minimum Gasteiger partial charge on any atom is -0.407 e. The van der Waals surface area contributed by atoms with Gasteiger partial charge in [-0.05, 0) is 45.8 Å². The molecular weight excluding hydrogens is 422 g/mol. The van der Waals surface area contributed by atoms with E-state index in [0.717, 1.165) is 6.07 Å². The van der Waals surface area contributed by atoms with Crippen LogP contribution in [0.3, 0.4) is 0 Å². The Labute approximate surface area is 190 Å². The predicted octanol–water partition coefficient (Wildman–Crippen LogP) is 4.18. The Morgan fingerprint density at radius 2 is 1.44 bits per heavy atom. The van der Waals surface area contributed by atoms with Gasteiger partial charge in [0.15, 0.2) is 0 Å². The van der Waals surface area contributed by atoms with Crippen LogP contribution in [0.4, 0.5) is 8.78 Å². The molecule has 4 rings (SSSR count). The quantitative estimate of drug-likeness (QED) is 0.545. The molecule has 1 saturated carbocycles. The van der Waals surface area contributed by atoms with Gasteiger partial charge in [0.2, 0.25) is 9.04 Å². The standard InChI is InChI=1S/C27H30F2O2Si/c1-26(2,3)25(24-17-27(24,18-30)19-14-20(28)16-21(29)15-19)31-32(22-10-6-4-7-11-22)23-12-8-5-9-13-23/h4-16,24-25,30,32H,17-18H2,1-3H3/t24-,25?,27+/m0/s1. The van der Waals surface area contributed by atoms with Crippen LogP contribution in [0.5, 0.6) is 0 Å². The van der Waals surface area contributed by atoms with Gasteiger partial charge < -0.3 is 9.53 Å². The first-order valence-electron chi connectivity index (χ1n) is 11.1. The van der Waals surface area contributed by atoms with Crippen LogP contribution in [-0.2, 0) is 9.84 Å². The third kappa shape index (κ3) is 4.56. The maximum absolute atomic E-state index is 14.0. The Morgan fingerprint density at radius 1 is 0.938 bits per heavy atom. The number of aliphatic hydroxyl groups is 1. The van der Waals surface area contributed by atoms with Crippen molar-refractivity contribution in [1.29, 1.82) is 0 Å². The molecule has 1 aliphatic carbocycles. The van der Waals surface area contributed by atoms with E-state index in [4.69, 9.17) is 4.43 Å². The van der Waals surface area contributed by atoms with E-state index in [1.807, 2.05) is 36.4 Å². The van der Waals surface area contributed by atoms with Crippen LogP contribution in [0.2, 0.25) is 0 Å². The molecule has 1 N–H and O–H groups in total. The minimum atomic E-state index is -2.04. The first kappa shape index (κ1) is 22.8. The highest BCUT2D eigenvalue weighted by Gasteiger charge is 2.61. The van der Waals surface area contributed by atoms with Gasteiger partial charge in [-0.25, -0.2) is 8.78 Å². The van der Waals surface area contributed by atoms with Crippen molar-refractivity contribution in [2.45, 2.75) is 38.7 Å². The summed E-state index contributed by atoms with van der Waals surface area (Å²) in [6, 6.07) is 24.1. The zero-order valence-corrected chi connectivity index (χ0v) is 19.9. The zero-order chi connectivity index (χ0) is 22.9. The van der Waals surface area contributed by atoms with Crippen molar-refractivity contribution < 1.29 is 18.3 Å². The first-order chi connectivity index (χ1) is 15.2. The highest BCUT2D eigenvalue weighted by atomic mass is 28.3. The molecule has 0 saturated heterocycles. The van der Waals surface area contributed by atoms with E-state index in [-0.39, 0.29) is 24.0 Å². The van der Waals surface area contributed by atoms with E-state index >= 15 is 0 Å². The second kappa shape index (κ2) is 8.89. The molecule has 0 radical (unpaired) electrons. The maximum Gasteiger partial charge on any atom is 0.240 e. The molecule has 1 unspecified atom stereocenters. The molecule has 3 aromatic rings. The Kier molecular flexibility index (Phi) is 6.34. The SMILES string of the molecule is CC(C)(C)C(O[SiH](c1ccccc1)c1ccccc1)[C@@H]1C[C@@]1(CO)c1cc(F)cc(F)c1. The van der Waals surface area contributed by atoms with Crippen LogP contribution in [-0.4, -0.2) is 26.9 Å². The van der Waals surface area contributed by atoms with Gasteiger partial charge in [0.25, 0.3) is 0 Å². The van der Waals surface area contributed by atoms with E-state index in [0.29, 0.717) is 12.0 Å². The van der Waals surface area contributed by atoms with E-state index in [9.17, 15) is 13.9 Å². The molecule has 0 spiro atoms. The molecule has 0 amide bonds. The minimum absolute atomic E-state index is 0.0314. The first-order valence-corrected chi connectivity index (χ1v) is 12.7. The smallest absolute Gasteiger partial charge is 0.240 e. The number of halogens is 2. The lowest BCUT2D eigenvalue weighted by molar-refractivity contribution is 0.0564. The van der Waals surface area contributed by atoms with Gasteiger partial charge in [-0.2, -0.15) is 0 Å². The number of rotatable bonds is 7. The average molecular weight is 453 g/mol. The van der Waals surface area contributed by atoms with Crippen molar-refractivity contribution in [3.05, 3.63) is 96.1 Å². The van der Waals surface area contributed by atoms with Crippen LogP contribution < -0.4 is 10.4 Å². The number of hydrogen-bond donors (Lipinski definition) is 1. The number of benzene rings is 3. The van der Waals surface area contributed by atoms with E-state index in [2.05, 4.69) is 45.0 Å². The lowest BCUT2D eigenvalue weighted by atomic mass is 9.82. The summed E-state index contributed by atoms with van der Waals surface area (Å²) in [7, 11) is -2.04. The Hall–Kier alpha value is -2.34. The van der Waals surface area contributed by atoms with Gasteiger partial charge in [-0.3, -0.25) is 0 Å². The summed E-state index contributed by atoms with van der Waals surface area (Å²) in [6.45, 7) is 6.22. The van der Waals surface area contributed by atoms with Crippen LogP contribution in [0.1, 0.15) is 32.8 Å². The monoisotopic (exact) mass is 452 g/mol. The summed E-state index contributed by atoms with van der Waals surface area (Å²) in [5.41, 5.74) is -0.395. The number of aliphatic hydroxyl groups excluding tert-OH is 1. The average Bonchev–Trinajstić information content (AvgIpc) is 3.49. The van der Waals surface area contributed by atoms with Crippen LogP contribution in [0.15, 0.2) is 78.9 Å². The fourth-order valence-corrected chi connectivity index (χ4v) is 7.56. The normalized spacial score (nSPS) is 21.5. The molecule has 0 aromatic heterocycles. The molecular formula is C27H30F2O2Si. The molecule has 168 valence electrons. The van der Waals surface area contributed by atoms with E-state index in [1.165, 1.54) is 22.5 Å². The summed E-state index contributed by atoms with van der Waals surface area (Å²) in [5.74, 6) is -1.27. The Balaban J connectivity index is 1.71. The molecule has 2 nitrogen and oxygen atoms in total. The summed E-state index contributed by atoms with van der Waals surface area (Å²) >= 11 is 0. The van der Waals surface area contributed by atoms with Gasteiger partial charge in [-0.1, -0.05) is 81.4 Å². The maximum atomic E-state index is 14.0. The van der Waals surface area contributed by atoms with Crippen molar-refractivity contribution in [2.75, 3.05) is 6.61 Å². The molecule has 0 aliphatic heterocycles. The highest BCUT2D eigenvalue weighted by Crippen LogP contribution is 2.59. The largest absolute Gasteiger partial charge is 0.407 e. The van der Waals surface area contributed by atoms with Gasteiger partial charge >= 0.3 is 0 Å². The molecule has 32 heavy (non-hydrogen) atoms. The van der Waals surface area contributed by atoms with Crippen LogP contribution in [0, 0.1) is 23.0 Å². The van der Waals surface area contributed by atoms with Gasteiger partial charge in [0.1, 0.15) is 11.6 Å². The second-order valence-corrected chi connectivity index (χ2v) is 12.3. The van der Waals surface area contributed by atoms with Gasteiger partial charge in [0.05, 0.1) is 12.7 Å². The van der Waals surface area contributed by atoms with Gasteiger partial charge in [-0.15, -0.1) is 0 Å². The lowest BCUT2D eigenvalue weighted by Gasteiger charge is -2.36. The van der Waals surface area contributed by atoms with E-state index < -0.39 is 26.1 Å². The zero-order valence-electron chi connectivity index (χ0n) is 18.8. The molecule has 1 aliphatic rings. The summed E-state index contributed by atoms with van der Waals surface area (Å²) in [4.78, 5) is 0. The fourth-order valence-electron chi connectivity index (χ4n) is 4.83. The summed E-state index contributed by atoms with van der Waals surface area (Å²) in [6.07, 6.45) is 0.456. The summed E-state index contributed by atoms with van der Waals surface area (Å²) < 4.78 is 35.0. The van der Waals surface area contributed by atoms with Crippen molar-refractivity contribution in [3.8, 4) is 0 Å². The summed E-state index contributed by atoms with van der Waals surface area (Å²) in [5, 5.41) is 12.7. The third-order valence-electron chi connectivity index (χ3n) is 6.56. The van der Waals surface area contributed by atoms with E-state index in [1.54, 1.807) is 0 Å². The second-order valence-electron chi connectivity index (χ2n) is 9.91. The molecule has 3 aromatic carbocycles. The van der Waals surface area contributed by atoms with Crippen molar-refractivity contribution in [3.63, 3.8) is 0 Å². The molecule has 3 atom stereocenters. The topological polar surface area (TPSA) is 29.5 Å². The van der Waals surface area contributed by atoms with Crippen LogP contribution >= 0.6 is 0 Å². The molecule has 0 bridgehead atoms. The molecule has 5 heteroatoms. The Bertz CT molecular complexity index is 993. The molecule has 0 heterocycles. The molecule has 1 fully saturated rings. The third-order valence-corrected chi connectivity index (χ3v) is 9.11. The lowest BCUT2D eigenvalue weighted by Crippen LogP contribution is -2.51. The van der Waals surface area contributed by atoms with Crippen LogP contribution in [0.25, 0.3) is 0 Å². The highest BCUT2D eigenvalue weighted by molar-refractivity contribution is 6.80. The number of hydrogen-bond acceptors (Lipinski definition) is 2. The predicted molar refractivity (Wildman–Crippen MR) is 127 cm³/mol. The Morgan fingerprint density at radius 3 is 1.88 bits per heavy atom. The van der Waals surface area contributed by atoms with Crippen molar-refractivity contribution in [2.24, 2.45) is 11.3 Å². The fraction of sp³-hybridized carbons (Fsp3) is 0.333. The van der Waals surface area contributed by atoms with Crippen molar-refractivity contribution in [1.82, 2.24) is 0 Å².